The van der Waals surface area contributed by atoms with E-state index in [2.05, 4.69) is 0 Å². The Bertz CT molecular complexity index is 840. The molecule has 3 N–H and O–H groups in total. The molecular weight excluding hydrogens is 396 g/mol. The molecule has 0 amide bonds. The lowest BCUT2D eigenvalue weighted by Gasteiger charge is -2.39. The summed E-state index contributed by atoms with van der Waals surface area (Å²) in [7, 11) is 2.73. The maximum absolute atomic E-state index is 12.4. The Morgan fingerprint density at radius 1 is 0.967 bits per heavy atom. The van der Waals surface area contributed by atoms with Gasteiger partial charge in [-0.2, -0.15) is 0 Å². The fraction of sp³-hybridized carbons (Fsp3) is 0.381. The van der Waals surface area contributed by atoms with Gasteiger partial charge in [-0.25, -0.2) is 4.79 Å². The van der Waals surface area contributed by atoms with Crippen molar-refractivity contribution in [2.45, 2.75) is 30.7 Å². The summed E-state index contributed by atoms with van der Waals surface area (Å²) in [5, 5.41) is 29.7. The van der Waals surface area contributed by atoms with Gasteiger partial charge in [-0.3, -0.25) is 0 Å². The van der Waals surface area contributed by atoms with Crippen molar-refractivity contribution < 1.29 is 43.8 Å². The van der Waals surface area contributed by atoms with E-state index in [1.165, 1.54) is 26.4 Å². The molecule has 1 fully saturated rings. The van der Waals surface area contributed by atoms with Crippen molar-refractivity contribution in [2.24, 2.45) is 0 Å². The molecule has 1 heterocycles. The third kappa shape index (κ3) is 4.89. The van der Waals surface area contributed by atoms with Gasteiger partial charge in [-0.05, 0) is 30.3 Å². The molecule has 3 rings (SSSR count). The van der Waals surface area contributed by atoms with Crippen LogP contribution in [-0.4, -0.2) is 72.8 Å². The molecule has 9 nitrogen and oxygen atoms in total. The Balaban J connectivity index is 1.65. The summed E-state index contributed by atoms with van der Waals surface area (Å²) < 4.78 is 26.5. The molecule has 0 spiro atoms. The van der Waals surface area contributed by atoms with Gasteiger partial charge in [0.15, 0.2) is 17.8 Å². The number of carbonyl (C=O) groups excluding carboxylic acids is 1. The molecule has 5 atom stereocenters. The second-order valence-electron chi connectivity index (χ2n) is 6.63. The molecule has 1 aliphatic heterocycles. The zero-order valence-corrected chi connectivity index (χ0v) is 16.5. The molecule has 0 unspecified atom stereocenters. The molecule has 30 heavy (non-hydrogen) atoms. The molecule has 9 heteroatoms. The highest BCUT2D eigenvalue weighted by Gasteiger charge is 2.44. The number of para-hydroxylation sites is 1. The minimum atomic E-state index is -1.50. The second-order valence-corrected chi connectivity index (χ2v) is 6.63. The monoisotopic (exact) mass is 420 g/mol. The molecular formula is C21H24O9. The van der Waals surface area contributed by atoms with E-state index < -0.39 is 36.7 Å². The van der Waals surface area contributed by atoms with Crippen LogP contribution in [0.4, 0.5) is 0 Å². The van der Waals surface area contributed by atoms with E-state index in [0.717, 1.165) is 0 Å². The van der Waals surface area contributed by atoms with Crippen LogP contribution in [0.1, 0.15) is 10.4 Å². The number of ether oxygens (including phenoxy) is 5. The van der Waals surface area contributed by atoms with Gasteiger partial charge >= 0.3 is 5.97 Å². The normalized spacial score (nSPS) is 26.1. The topological polar surface area (TPSA) is 124 Å². The lowest BCUT2D eigenvalue weighted by Crippen LogP contribution is -2.59. The first kappa shape index (κ1) is 22.0. The third-order valence-electron chi connectivity index (χ3n) is 4.65. The predicted molar refractivity (Wildman–Crippen MR) is 103 cm³/mol. The Morgan fingerprint density at radius 3 is 2.37 bits per heavy atom. The van der Waals surface area contributed by atoms with Crippen LogP contribution >= 0.6 is 0 Å². The summed E-state index contributed by atoms with van der Waals surface area (Å²) in [4.78, 5) is 12.4. The van der Waals surface area contributed by atoms with Crippen molar-refractivity contribution in [3.05, 3.63) is 54.1 Å². The van der Waals surface area contributed by atoms with Crippen LogP contribution in [0, 0.1) is 0 Å². The lowest BCUT2D eigenvalue weighted by molar-refractivity contribution is -0.294. The maximum Gasteiger partial charge on any atom is 0.338 e. The number of aliphatic hydroxyl groups excluding tert-OH is 3. The first-order valence-corrected chi connectivity index (χ1v) is 9.25. The van der Waals surface area contributed by atoms with E-state index in [1.807, 2.05) is 18.2 Å². The molecule has 0 bridgehead atoms. The average molecular weight is 420 g/mol. The molecule has 162 valence electrons. The van der Waals surface area contributed by atoms with E-state index in [4.69, 9.17) is 23.7 Å². The minimum Gasteiger partial charge on any atom is -0.493 e. The lowest BCUT2D eigenvalue weighted by atomic mass is 9.99. The fourth-order valence-electron chi connectivity index (χ4n) is 2.98. The fourth-order valence-corrected chi connectivity index (χ4v) is 2.98. The summed E-state index contributed by atoms with van der Waals surface area (Å²) in [5.41, 5.74) is 0.196. The number of carbonyl (C=O) groups is 1. The summed E-state index contributed by atoms with van der Waals surface area (Å²) in [6.07, 6.45) is -6.59. The Labute approximate surface area is 173 Å². The van der Waals surface area contributed by atoms with E-state index in [0.29, 0.717) is 17.2 Å². The van der Waals surface area contributed by atoms with E-state index in [-0.39, 0.29) is 12.2 Å². The van der Waals surface area contributed by atoms with Crippen LogP contribution in [0.5, 0.6) is 17.2 Å². The van der Waals surface area contributed by atoms with Crippen molar-refractivity contribution in [1.82, 2.24) is 0 Å². The first-order chi connectivity index (χ1) is 14.4. The van der Waals surface area contributed by atoms with Gasteiger partial charge < -0.3 is 39.0 Å². The molecule has 1 saturated heterocycles. The van der Waals surface area contributed by atoms with Crippen LogP contribution in [0.2, 0.25) is 0 Å². The number of hydrogen-bond donors (Lipinski definition) is 3. The molecule has 0 aromatic heterocycles. The van der Waals surface area contributed by atoms with Crippen molar-refractivity contribution in [3.63, 3.8) is 0 Å². The van der Waals surface area contributed by atoms with Gasteiger partial charge in [0.05, 0.1) is 12.7 Å². The highest BCUT2D eigenvalue weighted by atomic mass is 16.7. The molecule has 0 radical (unpaired) electrons. The average Bonchev–Trinajstić information content (AvgIpc) is 2.77. The summed E-state index contributed by atoms with van der Waals surface area (Å²) >= 11 is 0. The predicted octanol–water partition coefficient (Wildman–Crippen LogP) is 1.10. The standard InChI is InChI=1S/C21H24O9/c1-26-15-10-12(8-9-14(15)29-13-6-4-3-5-7-13)20(25)28-11-16-17(22)18(23)19(24)21(27-2)30-16/h3-10,16-19,21-24H,11H2,1-2H3/t16-,17-,18+,19-,21-/m1/s1. The van der Waals surface area contributed by atoms with Crippen LogP contribution in [0.3, 0.4) is 0 Å². The van der Waals surface area contributed by atoms with E-state index in [9.17, 15) is 20.1 Å². The van der Waals surface area contributed by atoms with Gasteiger partial charge in [0.25, 0.3) is 0 Å². The summed E-state index contributed by atoms with van der Waals surface area (Å²) in [6, 6.07) is 13.7. The van der Waals surface area contributed by atoms with Gasteiger partial charge in [-0.15, -0.1) is 0 Å². The van der Waals surface area contributed by atoms with Gasteiger partial charge in [-0.1, -0.05) is 18.2 Å². The first-order valence-electron chi connectivity index (χ1n) is 9.25. The van der Waals surface area contributed by atoms with Gasteiger partial charge in [0, 0.05) is 7.11 Å². The zero-order valence-electron chi connectivity index (χ0n) is 16.5. The van der Waals surface area contributed by atoms with E-state index >= 15 is 0 Å². The summed E-state index contributed by atoms with van der Waals surface area (Å²) in [5.74, 6) is 0.680. The van der Waals surface area contributed by atoms with Gasteiger partial charge in [0.2, 0.25) is 0 Å². The Hall–Kier alpha value is -2.69. The van der Waals surface area contributed by atoms with Crippen LogP contribution in [0.25, 0.3) is 0 Å². The SMILES string of the molecule is COc1cc(C(=O)OC[C@H]2O[C@@H](OC)[C@H](O)[C@@H](O)[C@@H]2O)ccc1Oc1ccccc1. The smallest absolute Gasteiger partial charge is 0.338 e. The number of benzene rings is 2. The van der Waals surface area contributed by atoms with Crippen molar-refractivity contribution >= 4 is 5.97 Å². The molecule has 0 saturated carbocycles. The van der Waals surface area contributed by atoms with E-state index in [1.54, 1.807) is 18.2 Å². The third-order valence-corrected chi connectivity index (χ3v) is 4.65. The molecule has 0 aliphatic carbocycles. The quantitative estimate of drug-likeness (QED) is 0.565. The van der Waals surface area contributed by atoms with Crippen LogP contribution in [0.15, 0.2) is 48.5 Å². The number of hydrogen-bond acceptors (Lipinski definition) is 9. The van der Waals surface area contributed by atoms with Crippen LogP contribution in [-0.2, 0) is 14.2 Å². The Kier molecular flexibility index (Phi) is 7.24. The largest absolute Gasteiger partial charge is 0.493 e. The summed E-state index contributed by atoms with van der Waals surface area (Å²) in [6.45, 7) is -0.353. The molecule has 2 aromatic carbocycles. The number of esters is 1. The highest BCUT2D eigenvalue weighted by molar-refractivity contribution is 5.90. The minimum absolute atomic E-state index is 0.196. The Morgan fingerprint density at radius 2 is 1.70 bits per heavy atom. The van der Waals surface area contributed by atoms with Crippen molar-refractivity contribution in [3.8, 4) is 17.2 Å². The number of methoxy groups -OCH3 is 2. The molecule has 2 aromatic rings. The highest BCUT2D eigenvalue weighted by Crippen LogP contribution is 2.32. The van der Waals surface area contributed by atoms with Crippen molar-refractivity contribution in [1.29, 1.82) is 0 Å². The maximum atomic E-state index is 12.4. The zero-order chi connectivity index (χ0) is 21.7. The second kappa shape index (κ2) is 9.88. The van der Waals surface area contributed by atoms with Crippen molar-refractivity contribution in [2.75, 3.05) is 20.8 Å². The number of rotatable bonds is 7. The molecule has 1 aliphatic rings. The number of aliphatic hydroxyl groups is 3. The van der Waals surface area contributed by atoms with Crippen LogP contribution < -0.4 is 9.47 Å². The van der Waals surface area contributed by atoms with Gasteiger partial charge in [0.1, 0.15) is 36.8 Å².